The van der Waals surface area contributed by atoms with Gasteiger partial charge in [0.15, 0.2) is 0 Å². The highest BCUT2D eigenvalue weighted by atomic mass is 32.2. The highest BCUT2D eigenvalue weighted by Crippen LogP contribution is 2.28. The van der Waals surface area contributed by atoms with Crippen LogP contribution in [0.2, 0.25) is 0 Å². The summed E-state index contributed by atoms with van der Waals surface area (Å²) in [5, 5.41) is 9.10. The molecule has 96 valence electrons. The molecule has 0 saturated heterocycles. The van der Waals surface area contributed by atoms with Gasteiger partial charge >= 0.3 is 11.9 Å². The number of methoxy groups -OCH3 is 1. The quantitative estimate of drug-likeness (QED) is 0.298. The van der Waals surface area contributed by atoms with Crippen molar-refractivity contribution < 1.29 is 19.4 Å². The fourth-order valence-electron chi connectivity index (χ4n) is 1.59. The summed E-state index contributed by atoms with van der Waals surface area (Å²) in [6.45, 7) is 1.61. The van der Waals surface area contributed by atoms with Gasteiger partial charge in [-0.25, -0.2) is 9.59 Å². The van der Waals surface area contributed by atoms with Crippen molar-refractivity contribution in [2.24, 2.45) is 0 Å². The first kappa shape index (κ1) is 14.3. The third-order valence-electron chi connectivity index (χ3n) is 2.49. The molecule has 5 heteroatoms. The number of aliphatic carboxylic acids is 1. The zero-order valence-electron chi connectivity index (χ0n) is 10.4. The Morgan fingerprint density at radius 1 is 1.28 bits per heavy atom. The second-order valence-corrected chi connectivity index (χ2v) is 4.35. The summed E-state index contributed by atoms with van der Waals surface area (Å²) < 4.78 is 4.51. The number of thioether (sulfide) groups is 1. The lowest BCUT2D eigenvalue weighted by molar-refractivity contribution is -0.142. The molecule has 4 nitrogen and oxygen atoms in total. The van der Waals surface area contributed by atoms with Crippen molar-refractivity contribution in [3.63, 3.8) is 0 Å². The van der Waals surface area contributed by atoms with Gasteiger partial charge in [-0.05, 0) is 30.4 Å². The normalized spacial score (nSPS) is 11.7. The third kappa shape index (κ3) is 2.92. The van der Waals surface area contributed by atoms with Gasteiger partial charge in [-0.3, -0.25) is 0 Å². The predicted molar refractivity (Wildman–Crippen MR) is 70.5 cm³/mol. The van der Waals surface area contributed by atoms with Crippen LogP contribution in [0.5, 0.6) is 0 Å². The van der Waals surface area contributed by atoms with Crippen molar-refractivity contribution in [1.29, 1.82) is 0 Å². The number of carboxylic acids is 1. The monoisotopic (exact) mass is 266 g/mol. The molecule has 0 radical (unpaired) electrons. The zero-order chi connectivity index (χ0) is 13.7. The van der Waals surface area contributed by atoms with Crippen molar-refractivity contribution >= 4 is 29.3 Å². The van der Waals surface area contributed by atoms with Gasteiger partial charge < -0.3 is 9.84 Å². The maximum Gasteiger partial charge on any atom is 0.345 e. The second-order valence-electron chi connectivity index (χ2n) is 3.50. The Morgan fingerprint density at radius 2 is 1.89 bits per heavy atom. The van der Waals surface area contributed by atoms with Crippen molar-refractivity contribution in [2.45, 2.75) is 11.8 Å². The molecule has 0 aromatic heterocycles. The highest BCUT2D eigenvalue weighted by Gasteiger charge is 2.22. The maximum atomic E-state index is 11.5. The molecule has 0 spiro atoms. The van der Waals surface area contributed by atoms with Crippen LogP contribution in [0.4, 0.5) is 0 Å². The standard InChI is InChI=1S/C13H14O4S/c1-8(11(12(14)15)13(16)17-2)9-6-4-5-7-10(9)18-3/h4-7H,1-3H3,(H,14,15)/b11-8-. The molecular weight excluding hydrogens is 252 g/mol. The largest absolute Gasteiger partial charge is 0.477 e. The Bertz CT molecular complexity index is 505. The molecule has 18 heavy (non-hydrogen) atoms. The van der Waals surface area contributed by atoms with Gasteiger partial charge in [0, 0.05) is 4.90 Å². The van der Waals surface area contributed by atoms with Crippen molar-refractivity contribution in [1.82, 2.24) is 0 Å². The molecule has 0 amide bonds. The Labute approximate surface area is 110 Å². The Balaban J connectivity index is 3.43. The molecule has 0 saturated carbocycles. The molecule has 1 aromatic carbocycles. The fourth-order valence-corrected chi connectivity index (χ4v) is 2.25. The van der Waals surface area contributed by atoms with Gasteiger partial charge in [-0.2, -0.15) is 0 Å². The number of hydrogen-bond donors (Lipinski definition) is 1. The van der Waals surface area contributed by atoms with E-state index < -0.39 is 11.9 Å². The molecule has 1 rings (SSSR count). The average molecular weight is 266 g/mol. The van der Waals surface area contributed by atoms with E-state index in [-0.39, 0.29) is 5.57 Å². The van der Waals surface area contributed by atoms with Crippen molar-refractivity contribution in [3.8, 4) is 0 Å². The molecule has 0 fully saturated rings. The van der Waals surface area contributed by atoms with Crippen LogP contribution < -0.4 is 0 Å². The maximum absolute atomic E-state index is 11.5. The number of carbonyl (C=O) groups is 2. The Hall–Kier alpha value is -1.75. The minimum atomic E-state index is -1.28. The van der Waals surface area contributed by atoms with Gasteiger partial charge in [0.2, 0.25) is 0 Å². The van der Waals surface area contributed by atoms with Crippen LogP contribution in [0.3, 0.4) is 0 Å². The van der Waals surface area contributed by atoms with Gasteiger partial charge in [0.1, 0.15) is 5.57 Å². The van der Waals surface area contributed by atoms with Gasteiger partial charge in [0.05, 0.1) is 7.11 Å². The number of allylic oxidation sites excluding steroid dienone is 1. The predicted octanol–water partition coefficient (Wildman–Crippen LogP) is 2.44. The molecule has 0 atom stereocenters. The van der Waals surface area contributed by atoms with E-state index in [0.717, 1.165) is 10.5 Å². The van der Waals surface area contributed by atoms with E-state index in [1.54, 1.807) is 19.1 Å². The number of carboxylic acid groups (broad SMARTS) is 1. The lowest BCUT2D eigenvalue weighted by Crippen LogP contribution is -2.15. The van der Waals surface area contributed by atoms with E-state index in [0.29, 0.717) is 5.57 Å². The first-order valence-electron chi connectivity index (χ1n) is 5.18. The first-order chi connectivity index (χ1) is 8.52. The molecule has 0 aliphatic heterocycles. The average Bonchev–Trinajstić information content (AvgIpc) is 2.37. The summed E-state index contributed by atoms with van der Waals surface area (Å²) in [5.41, 5.74) is 0.797. The lowest BCUT2D eigenvalue weighted by atomic mass is 10.0. The molecule has 1 N–H and O–H groups in total. The van der Waals surface area contributed by atoms with Crippen molar-refractivity contribution in [2.75, 3.05) is 13.4 Å². The van der Waals surface area contributed by atoms with Crippen LogP contribution in [0, 0.1) is 0 Å². The van der Waals surface area contributed by atoms with Gasteiger partial charge in [0.25, 0.3) is 0 Å². The van der Waals surface area contributed by atoms with Crippen LogP contribution in [0.25, 0.3) is 5.57 Å². The molecular formula is C13H14O4S. The molecule has 0 bridgehead atoms. The van der Waals surface area contributed by atoms with E-state index >= 15 is 0 Å². The van der Waals surface area contributed by atoms with E-state index in [1.165, 1.54) is 18.9 Å². The van der Waals surface area contributed by atoms with Crippen LogP contribution in [-0.4, -0.2) is 30.4 Å². The summed E-state index contributed by atoms with van der Waals surface area (Å²) in [5.74, 6) is -2.12. The zero-order valence-corrected chi connectivity index (χ0v) is 11.2. The van der Waals surface area contributed by atoms with Gasteiger partial charge in [-0.15, -0.1) is 11.8 Å². The third-order valence-corrected chi connectivity index (χ3v) is 3.29. The summed E-state index contributed by atoms with van der Waals surface area (Å²) in [7, 11) is 1.17. The summed E-state index contributed by atoms with van der Waals surface area (Å²) in [4.78, 5) is 23.6. The summed E-state index contributed by atoms with van der Waals surface area (Å²) >= 11 is 1.49. The number of carbonyl (C=O) groups excluding carboxylic acids is 1. The second kappa shape index (κ2) is 6.26. The molecule has 0 aliphatic carbocycles. The Kier molecular flexibility index (Phi) is 4.97. The van der Waals surface area contributed by atoms with Crippen LogP contribution >= 0.6 is 11.8 Å². The SMILES string of the molecule is COC(=O)/C(C(=O)O)=C(/C)c1ccccc1SC. The smallest absolute Gasteiger partial charge is 0.345 e. The number of esters is 1. The number of ether oxygens (including phenoxy) is 1. The fraction of sp³-hybridized carbons (Fsp3) is 0.231. The van der Waals surface area contributed by atoms with Crippen molar-refractivity contribution in [3.05, 3.63) is 35.4 Å². The molecule has 0 heterocycles. The van der Waals surface area contributed by atoms with Crippen LogP contribution in [0.15, 0.2) is 34.7 Å². The number of rotatable bonds is 4. The number of benzene rings is 1. The summed E-state index contributed by atoms with van der Waals surface area (Å²) in [6, 6.07) is 7.32. The highest BCUT2D eigenvalue weighted by molar-refractivity contribution is 7.98. The molecule has 0 aliphatic rings. The Morgan fingerprint density at radius 3 is 2.39 bits per heavy atom. The van der Waals surface area contributed by atoms with E-state index in [4.69, 9.17) is 5.11 Å². The van der Waals surface area contributed by atoms with Gasteiger partial charge in [-0.1, -0.05) is 18.2 Å². The molecule has 1 aromatic rings. The minimum Gasteiger partial charge on any atom is -0.477 e. The minimum absolute atomic E-state index is 0.334. The van der Waals surface area contributed by atoms with E-state index in [1.807, 2.05) is 18.4 Å². The van der Waals surface area contributed by atoms with Crippen LogP contribution in [-0.2, 0) is 14.3 Å². The molecule has 0 unspecified atom stereocenters. The first-order valence-corrected chi connectivity index (χ1v) is 6.41. The lowest BCUT2D eigenvalue weighted by Gasteiger charge is -2.10. The topological polar surface area (TPSA) is 63.6 Å². The van der Waals surface area contributed by atoms with Crippen LogP contribution in [0.1, 0.15) is 12.5 Å². The number of hydrogen-bond acceptors (Lipinski definition) is 4. The van der Waals surface area contributed by atoms with E-state index in [2.05, 4.69) is 4.74 Å². The van der Waals surface area contributed by atoms with E-state index in [9.17, 15) is 9.59 Å². The summed E-state index contributed by atoms with van der Waals surface area (Å²) in [6.07, 6.45) is 1.89.